The minimum atomic E-state index is 0. The van der Waals surface area contributed by atoms with E-state index in [-0.39, 0.29) is 1.43 Å². The summed E-state index contributed by atoms with van der Waals surface area (Å²) in [4.78, 5) is 17.7. The minimum absolute atomic E-state index is 0. The normalized spacial score (nSPS) is 9.50. The minimum Gasteiger partial charge on any atom is -0.324 e. The molecular formula is C14H17N5S. The van der Waals surface area contributed by atoms with Gasteiger partial charge >= 0.3 is 0 Å². The molecule has 3 heterocycles. The van der Waals surface area contributed by atoms with Crippen molar-refractivity contribution in [2.45, 2.75) is 13.8 Å². The lowest BCUT2D eigenvalue weighted by Gasteiger charge is -2.04. The molecule has 3 aromatic rings. The molecule has 104 valence electrons. The van der Waals surface area contributed by atoms with Crippen LogP contribution >= 0.6 is 11.3 Å². The number of anilines is 2. The number of rotatable bonds is 3. The average Bonchev–Trinajstić information content (AvgIpc) is 3.05. The molecule has 0 fully saturated rings. The van der Waals surface area contributed by atoms with Crippen molar-refractivity contribution in [3.8, 4) is 10.6 Å². The predicted molar refractivity (Wildman–Crippen MR) is 84.1 cm³/mol. The Bertz CT molecular complexity index is 631. The fourth-order valence-electron chi connectivity index (χ4n) is 1.48. The molecule has 6 heteroatoms. The molecule has 0 aliphatic carbocycles. The first-order chi connectivity index (χ1) is 9.92. The van der Waals surface area contributed by atoms with E-state index in [1.807, 2.05) is 32.0 Å². The molecule has 0 unspecified atom stereocenters. The van der Waals surface area contributed by atoms with Crippen LogP contribution < -0.4 is 5.32 Å². The number of thiazole rings is 1. The number of hydrogen-bond donors (Lipinski definition) is 1. The van der Waals surface area contributed by atoms with Crippen LogP contribution in [-0.4, -0.2) is 19.9 Å². The van der Waals surface area contributed by atoms with Gasteiger partial charge < -0.3 is 5.32 Å². The molecule has 0 bridgehead atoms. The molecule has 20 heavy (non-hydrogen) atoms. The zero-order chi connectivity index (χ0) is 14.2. The van der Waals surface area contributed by atoms with E-state index >= 15 is 0 Å². The van der Waals surface area contributed by atoms with Gasteiger partial charge in [0.25, 0.3) is 0 Å². The van der Waals surface area contributed by atoms with Gasteiger partial charge in [-0.1, -0.05) is 19.9 Å². The van der Waals surface area contributed by atoms with Crippen molar-refractivity contribution in [2.24, 2.45) is 0 Å². The van der Waals surface area contributed by atoms with Gasteiger partial charge in [0, 0.05) is 20.0 Å². The van der Waals surface area contributed by atoms with E-state index in [2.05, 4.69) is 25.3 Å². The van der Waals surface area contributed by atoms with E-state index < -0.39 is 0 Å². The highest BCUT2D eigenvalue weighted by Crippen LogP contribution is 2.22. The Labute approximate surface area is 123 Å². The van der Waals surface area contributed by atoms with Crippen molar-refractivity contribution < 1.29 is 1.43 Å². The smallest absolute Gasteiger partial charge is 0.150 e. The highest BCUT2D eigenvalue weighted by atomic mass is 32.1. The third kappa shape index (κ3) is 3.58. The van der Waals surface area contributed by atoms with E-state index in [0.29, 0.717) is 5.82 Å². The summed E-state index contributed by atoms with van der Waals surface area (Å²) in [5, 5.41) is 3.11. The highest BCUT2D eigenvalue weighted by molar-refractivity contribution is 7.13. The number of aromatic nitrogens is 4. The fraction of sp³-hybridized carbons (Fsp3) is 0.143. The highest BCUT2D eigenvalue weighted by Gasteiger charge is 2.03. The SMILES string of the molecule is CC.[HH].c1cc(Nc2cnccn2)nc(-c2cncs2)c1. The van der Waals surface area contributed by atoms with Gasteiger partial charge in [-0.15, -0.1) is 11.3 Å². The Morgan fingerprint density at radius 1 is 1.05 bits per heavy atom. The van der Waals surface area contributed by atoms with Gasteiger partial charge in [-0.3, -0.25) is 9.97 Å². The second kappa shape index (κ2) is 7.30. The summed E-state index contributed by atoms with van der Waals surface area (Å²) < 4.78 is 0. The lowest BCUT2D eigenvalue weighted by Crippen LogP contribution is -1.96. The lowest BCUT2D eigenvalue weighted by molar-refractivity contribution is 1.18. The van der Waals surface area contributed by atoms with E-state index in [9.17, 15) is 0 Å². The van der Waals surface area contributed by atoms with Crippen LogP contribution in [0.2, 0.25) is 0 Å². The Hall–Kier alpha value is -2.34. The Balaban J connectivity index is 0.000000706. The predicted octanol–water partition coefficient (Wildman–Crippen LogP) is 4.01. The zero-order valence-electron chi connectivity index (χ0n) is 11.3. The topological polar surface area (TPSA) is 63.6 Å². The fourth-order valence-corrected chi connectivity index (χ4v) is 2.07. The second-order valence-corrected chi connectivity index (χ2v) is 4.38. The van der Waals surface area contributed by atoms with Crippen molar-refractivity contribution >= 4 is 23.0 Å². The third-order valence-electron chi connectivity index (χ3n) is 2.25. The van der Waals surface area contributed by atoms with Gasteiger partial charge in [-0.2, -0.15) is 0 Å². The summed E-state index contributed by atoms with van der Waals surface area (Å²) in [7, 11) is 0. The molecule has 0 saturated heterocycles. The third-order valence-corrected chi connectivity index (χ3v) is 3.05. The summed E-state index contributed by atoms with van der Waals surface area (Å²) >= 11 is 1.56. The molecule has 0 aromatic carbocycles. The maximum Gasteiger partial charge on any atom is 0.150 e. The van der Waals surface area contributed by atoms with Crippen LogP contribution in [0.3, 0.4) is 0 Å². The van der Waals surface area contributed by atoms with Crippen LogP contribution in [0.4, 0.5) is 11.6 Å². The summed E-state index contributed by atoms with van der Waals surface area (Å²) in [5.41, 5.74) is 2.69. The van der Waals surface area contributed by atoms with Crippen molar-refractivity contribution in [2.75, 3.05) is 5.32 Å². The van der Waals surface area contributed by atoms with Crippen molar-refractivity contribution in [1.82, 2.24) is 19.9 Å². The Morgan fingerprint density at radius 2 is 1.95 bits per heavy atom. The number of hydrogen-bond acceptors (Lipinski definition) is 6. The molecule has 0 atom stereocenters. The largest absolute Gasteiger partial charge is 0.324 e. The molecule has 0 spiro atoms. The first-order valence-corrected chi connectivity index (χ1v) is 7.19. The monoisotopic (exact) mass is 287 g/mol. The molecule has 1 N–H and O–H groups in total. The number of nitrogens with one attached hydrogen (secondary N) is 1. The van der Waals surface area contributed by atoms with Crippen LogP contribution in [0.1, 0.15) is 15.3 Å². The van der Waals surface area contributed by atoms with E-state index in [1.165, 1.54) is 0 Å². The zero-order valence-corrected chi connectivity index (χ0v) is 12.1. The maximum absolute atomic E-state index is 4.50. The molecule has 3 aromatic heterocycles. The van der Waals surface area contributed by atoms with Crippen molar-refractivity contribution in [1.29, 1.82) is 0 Å². The average molecular weight is 287 g/mol. The van der Waals surface area contributed by atoms with Gasteiger partial charge in [-0.25, -0.2) is 9.97 Å². The number of nitrogens with zero attached hydrogens (tertiary/aromatic N) is 4. The molecule has 5 nitrogen and oxygen atoms in total. The van der Waals surface area contributed by atoms with Gasteiger partial charge in [0.1, 0.15) is 11.6 Å². The molecular weight excluding hydrogens is 270 g/mol. The summed E-state index contributed by atoms with van der Waals surface area (Å²) in [5.74, 6) is 1.41. The van der Waals surface area contributed by atoms with Crippen molar-refractivity contribution in [3.05, 3.63) is 48.5 Å². The molecule has 0 amide bonds. The van der Waals surface area contributed by atoms with Gasteiger partial charge in [0.15, 0.2) is 0 Å². The Kier molecular flexibility index (Phi) is 5.14. The van der Waals surface area contributed by atoms with Gasteiger partial charge in [0.2, 0.25) is 0 Å². The number of pyridine rings is 1. The van der Waals surface area contributed by atoms with Gasteiger partial charge in [-0.05, 0) is 12.1 Å². The quantitative estimate of drug-likeness (QED) is 0.788. The van der Waals surface area contributed by atoms with Crippen LogP contribution in [0.15, 0.2) is 48.5 Å². The molecule has 0 aliphatic rings. The van der Waals surface area contributed by atoms with Crippen molar-refractivity contribution in [3.63, 3.8) is 0 Å². The van der Waals surface area contributed by atoms with Gasteiger partial charge in [0.05, 0.1) is 22.3 Å². The van der Waals surface area contributed by atoms with Crippen LogP contribution in [0.5, 0.6) is 0 Å². The first-order valence-electron chi connectivity index (χ1n) is 6.31. The standard InChI is InChI=1S/C12H9N5S.C2H6.H2/c1-2-9(10-6-14-8-18-10)16-11(3-1)17-12-7-13-4-5-15-12;1-2;/h1-8H,(H,15,16,17);1-2H3;1H. The second-order valence-electron chi connectivity index (χ2n) is 3.49. The lowest BCUT2D eigenvalue weighted by atomic mass is 10.3. The summed E-state index contributed by atoms with van der Waals surface area (Å²) in [6, 6.07) is 5.79. The summed E-state index contributed by atoms with van der Waals surface area (Å²) in [6.07, 6.45) is 6.72. The molecule has 0 saturated carbocycles. The first kappa shape index (κ1) is 14.1. The Morgan fingerprint density at radius 3 is 2.65 bits per heavy atom. The van der Waals surface area contributed by atoms with E-state index in [1.54, 1.807) is 41.6 Å². The van der Waals surface area contributed by atoms with Crippen LogP contribution in [0.25, 0.3) is 10.6 Å². The maximum atomic E-state index is 4.50. The van der Waals surface area contributed by atoms with E-state index in [4.69, 9.17) is 0 Å². The molecule has 0 aliphatic heterocycles. The molecule has 0 radical (unpaired) electrons. The van der Waals surface area contributed by atoms with Crippen LogP contribution in [0, 0.1) is 0 Å². The molecule has 3 rings (SSSR count). The van der Waals surface area contributed by atoms with Crippen LogP contribution in [-0.2, 0) is 0 Å². The summed E-state index contributed by atoms with van der Waals surface area (Å²) in [6.45, 7) is 4.00. The van der Waals surface area contributed by atoms with E-state index in [0.717, 1.165) is 16.4 Å².